The molecule has 0 aliphatic carbocycles. The molecule has 0 spiro atoms. The predicted molar refractivity (Wildman–Crippen MR) is 104 cm³/mol. The molecule has 148 valence electrons. The number of hydrogen-bond acceptors (Lipinski definition) is 6. The van der Waals surface area contributed by atoms with E-state index in [1.807, 2.05) is 30.3 Å². The van der Waals surface area contributed by atoms with E-state index in [1.54, 1.807) is 0 Å². The minimum Gasteiger partial charge on any atom is -0.480 e. The summed E-state index contributed by atoms with van der Waals surface area (Å²) in [6.45, 7) is 1.60. The van der Waals surface area contributed by atoms with Crippen molar-refractivity contribution in [3.63, 3.8) is 0 Å². The number of nitro benzene ring substituents is 1. The lowest BCUT2D eigenvalue weighted by Gasteiger charge is -2.15. The lowest BCUT2D eigenvalue weighted by atomic mass is 10.2. The molecule has 0 radical (unpaired) electrons. The highest BCUT2D eigenvalue weighted by atomic mass is 16.6. The zero-order valence-corrected chi connectivity index (χ0v) is 15.1. The third kappa shape index (κ3) is 7.14. The molecule has 0 heterocycles. The van der Waals surface area contributed by atoms with Crippen LogP contribution in [-0.2, 0) is 16.1 Å². The van der Waals surface area contributed by atoms with Crippen LogP contribution in [0.3, 0.4) is 0 Å². The molecule has 1 atom stereocenters. The summed E-state index contributed by atoms with van der Waals surface area (Å²) in [6.07, 6.45) is -0.259. The van der Waals surface area contributed by atoms with Crippen LogP contribution >= 0.6 is 0 Å². The largest absolute Gasteiger partial charge is 0.480 e. The van der Waals surface area contributed by atoms with Gasteiger partial charge in [-0.05, 0) is 17.7 Å². The Labute approximate surface area is 161 Å². The Morgan fingerprint density at radius 2 is 1.71 bits per heavy atom. The highest BCUT2D eigenvalue weighted by Crippen LogP contribution is 2.15. The van der Waals surface area contributed by atoms with Gasteiger partial charge in [0, 0.05) is 37.5 Å². The number of carboxylic acids is 1. The zero-order chi connectivity index (χ0) is 20.4. The van der Waals surface area contributed by atoms with Gasteiger partial charge in [-0.15, -0.1) is 0 Å². The smallest absolute Gasteiger partial charge is 0.321 e. The molecule has 2 aromatic carbocycles. The number of carbonyl (C=O) groups is 2. The molecule has 9 nitrogen and oxygen atoms in total. The van der Waals surface area contributed by atoms with E-state index in [-0.39, 0.29) is 12.1 Å². The Kier molecular flexibility index (Phi) is 8.07. The number of nitrogens with zero attached hydrogens (tertiary/aromatic N) is 1. The number of rotatable bonds is 11. The summed E-state index contributed by atoms with van der Waals surface area (Å²) < 4.78 is 0. The van der Waals surface area contributed by atoms with Crippen molar-refractivity contribution in [2.45, 2.75) is 19.0 Å². The third-order valence-electron chi connectivity index (χ3n) is 3.91. The van der Waals surface area contributed by atoms with Crippen LogP contribution in [0.4, 0.5) is 11.4 Å². The van der Waals surface area contributed by atoms with Crippen molar-refractivity contribution in [3.8, 4) is 0 Å². The second-order valence-corrected chi connectivity index (χ2v) is 6.06. The summed E-state index contributed by atoms with van der Waals surface area (Å²) in [7, 11) is 0. The average molecular weight is 386 g/mol. The fraction of sp³-hybridized carbons (Fsp3) is 0.263. The van der Waals surface area contributed by atoms with Gasteiger partial charge in [0.2, 0.25) is 5.91 Å². The summed E-state index contributed by atoms with van der Waals surface area (Å²) in [5, 5.41) is 28.5. The number of nitro groups is 1. The summed E-state index contributed by atoms with van der Waals surface area (Å²) in [6, 6.07) is 14.1. The van der Waals surface area contributed by atoms with Gasteiger partial charge >= 0.3 is 5.97 Å². The number of non-ortho nitro benzene ring substituents is 1. The minimum absolute atomic E-state index is 0.0916. The van der Waals surface area contributed by atoms with E-state index in [0.717, 1.165) is 5.56 Å². The number of carbonyl (C=O) groups excluding carboxylic acids is 1. The highest BCUT2D eigenvalue weighted by Gasteiger charge is 2.20. The Hall–Kier alpha value is -3.30. The molecule has 28 heavy (non-hydrogen) atoms. The van der Waals surface area contributed by atoms with Gasteiger partial charge in [0.05, 0.1) is 11.3 Å². The van der Waals surface area contributed by atoms with Crippen molar-refractivity contribution in [1.29, 1.82) is 0 Å². The van der Waals surface area contributed by atoms with Crippen molar-refractivity contribution in [2.75, 3.05) is 18.4 Å². The van der Waals surface area contributed by atoms with E-state index < -0.39 is 22.8 Å². The van der Waals surface area contributed by atoms with Crippen molar-refractivity contribution in [3.05, 3.63) is 70.3 Å². The van der Waals surface area contributed by atoms with E-state index in [9.17, 15) is 24.8 Å². The molecular weight excluding hydrogens is 364 g/mol. The molecule has 0 aliphatic heterocycles. The summed E-state index contributed by atoms with van der Waals surface area (Å²) >= 11 is 0. The molecule has 4 N–H and O–H groups in total. The number of nitrogens with one attached hydrogen (secondary N) is 3. The van der Waals surface area contributed by atoms with Crippen molar-refractivity contribution in [1.82, 2.24) is 10.6 Å². The van der Waals surface area contributed by atoms with Gasteiger partial charge in [-0.25, -0.2) is 0 Å². The first-order chi connectivity index (χ1) is 13.5. The second-order valence-electron chi connectivity index (χ2n) is 6.06. The van der Waals surface area contributed by atoms with E-state index >= 15 is 0 Å². The van der Waals surface area contributed by atoms with Gasteiger partial charge < -0.3 is 21.1 Å². The van der Waals surface area contributed by atoms with Gasteiger partial charge in [0.1, 0.15) is 6.04 Å². The van der Waals surface area contributed by atoms with E-state index in [2.05, 4.69) is 16.0 Å². The first-order valence-corrected chi connectivity index (χ1v) is 8.71. The molecule has 1 amide bonds. The van der Waals surface area contributed by atoms with Crippen LogP contribution in [0.25, 0.3) is 0 Å². The van der Waals surface area contributed by atoms with Crippen LogP contribution in [0.5, 0.6) is 0 Å². The molecule has 0 aromatic heterocycles. The summed E-state index contributed by atoms with van der Waals surface area (Å²) in [4.78, 5) is 33.5. The molecule has 0 saturated heterocycles. The molecule has 0 bridgehead atoms. The fourth-order valence-corrected chi connectivity index (χ4v) is 2.47. The maximum Gasteiger partial charge on any atom is 0.321 e. The van der Waals surface area contributed by atoms with Crippen LogP contribution in [-0.4, -0.2) is 41.0 Å². The van der Waals surface area contributed by atoms with Crippen LogP contribution in [0.2, 0.25) is 0 Å². The van der Waals surface area contributed by atoms with Crippen molar-refractivity contribution < 1.29 is 19.6 Å². The van der Waals surface area contributed by atoms with E-state index in [4.69, 9.17) is 0 Å². The zero-order valence-electron chi connectivity index (χ0n) is 15.1. The number of amides is 1. The Morgan fingerprint density at radius 1 is 1.04 bits per heavy atom. The topological polar surface area (TPSA) is 134 Å². The number of carboxylic acid groups (broad SMARTS) is 1. The number of hydrogen-bond donors (Lipinski definition) is 4. The Balaban J connectivity index is 1.74. The van der Waals surface area contributed by atoms with Crippen molar-refractivity contribution in [2.24, 2.45) is 0 Å². The third-order valence-corrected chi connectivity index (χ3v) is 3.91. The number of aliphatic carboxylic acids is 1. The van der Waals surface area contributed by atoms with E-state index in [1.165, 1.54) is 24.3 Å². The summed E-state index contributed by atoms with van der Waals surface area (Å²) in [5.74, 6) is -1.62. The second kappa shape index (κ2) is 10.8. The van der Waals surface area contributed by atoms with Gasteiger partial charge in [-0.1, -0.05) is 30.3 Å². The minimum atomic E-state index is -1.12. The molecule has 0 aliphatic rings. The molecule has 9 heteroatoms. The molecule has 2 aromatic rings. The average Bonchev–Trinajstić information content (AvgIpc) is 2.68. The van der Waals surface area contributed by atoms with Gasteiger partial charge in [0.25, 0.3) is 5.69 Å². The predicted octanol–water partition coefficient (Wildman–Crippen LogP) is 1.76. The van der Waals surface area contributed by atoms with Crippen LogP contribution in [0, 0.1) is 10.1 Å². The van der Waals surface area contributed by atoms with Crippen LogP contribution < -0.4 is 16.0 Å². The summed E-state index contributed by atoms with van der Waals surface area (Å²) in [5.41, 5.74) is 1.40. The number of benzene rings is 2. The van der Waals surface area contributed by atoms with Crippen LogP contribution in [0.15, 0.2) is 54.6 Å². The Morgan fingerprint density at radius 3 is 2.32 bits per heavy atom. The maximum atomic E-state index is 12.1. The van der Waals surface area contributed by atoms with Crippen LogP contribution in [0.1, 0.15) is 12.0 Å². The monoisotopic (exact) mass is 386 g/mol. The lowest BCUT2D eigenvalue weighted by molar-refractivity contribution is -0.384. The van der Waals surface area contributed by atoms with Gasteiger partial charge in [-0.2, -0.15) is 0 Å². The lowest BCUT2D eigenvalue weighted by Crippen LogP contribution is -2.42. The quantitative estimate of drug-likeness (QED) is 0.263. The maximum absolute atomic E-state index is 12.1. The highest BCUT2D eigenvalue weighted by molar-refractivity contribution is 5.94. The van der Waals surface area contributed by atoms with Crippen molar-refractivity contribution >= 4 is 23.3 Å². The standard InChI is InChI=1S/C19H22N4O5/c24-18(22-15-6-8-16(9-7-15)23(27)28)12-17(19(25)26)21-11-10-20-13-14-4-2-1-3-5-14/h1-9,17,20-21H,10-13H2,(H,22,24)(H,25,26)/t17-/m1/s1. The first-order valence-electron chi connectivity index (χ1n) is 8.71. The normalized spacial score (nSPS) is 11.6. The fourth-order valence-electron chi connectivity index (χ4n) is 2.47. The SMILES string of the molecule is O=C(C[C@@H](NCCNCc1ccccc1)C(=O)O)Nc1ccc([N+](=O)[O-])cc1. The molecule has 2 rings (SSSR count). The Bertz CT molecular complexity index is 796. The molecule has 0 fully saturated rings. The van der Waals surface area contributed by atoms with E-state index in [0.29, 0.717) is 25.3 Å². The van der Waals surface area contributed by atoms with Gasteiger partial charge in [0.15, 0.2) is 0 Å². The molecule has 0 unspecified atom stereocenters. The number of anilines is 1. The molecular formula is C19H22N4O5. The van der Waals surface area contributed by atoms with Gasteiger partial charge in [-0.3, -0.25) is 19.7 Å². The molecule has 0 saturated carbocycles. The first kappa shape index (κ1) is 21.0.